The van der Waals surface area contributed by atoms with Crippen molar-refractivity contribution in [2.75, 3.05) is 13.7 Å². The zero-order valence-electron chi connectivity index (χ0n) is 7.33. The van der Waals surface area contributed by atoms with Gasteiger partial charge in [0.1, 0.15) is 24.4 Å². The normalized spacial score (nSPS) is 46.4. The summed E-state index contributed by atoms with van der Waals surface area (Å²) in [6, 6.07) is 0. The first kappa shape index (κ1) is 10.8. The number of rotatable bonds is 2. The van der Waals surface area contributed by atoms with Gasteiger partial charge in [-0.05, 0) is 0 Å². The molecule has 1 aliphatic rings. The number of nitrogens with two attached hydrogens (primary N) is 1. The molecule has 0 bridgehead atoms. The van der Waals surface area contributed by atoms with E-state index in [0.717, 1.165) is 0 Å². The molecule has 6 nitrogen and oxygen atoms in total. The number of hydrogen-bond donors (Lipinski definition) is 4. The minimum absolute atomic E-state index is 0.0603. The second kappa shape index (κ2) is 4.32. The fourth-order valence-electron chi connectivity index (χ4n) is 1.31. The Bertz CT molecular complexity index is 147. The zero-order chi connectivity index (χ0) is 10.0. The molecular formula is C7H15NO5. The Morgan fingerprint density at radius 3 is 2.31 bits per heavy atom. The van der Waals surface area contributed by atoms with Gasteiger partial charge in [-0.25, -0.2) is 0 Å². The molecule has 0 saturated carbocycles. The van der Waals surface area contributed by atoms with Gasteiger partial charge in [0, 0.05) is 13.7 Å². The summed E-state index contributed by atoms with van der Waals surface area (Å²) in [5.41, 5.74) is 5.28. The molecule has 5 atom stereocenters. The van der Waals surface area contributed by atoms with Gasteiger partial charge in [-0.3, -0.25) is 0 Å². The highest BCUT2D eigenvalue weighted by molar-refractivity contribution is 4.89. The highest BCUT2D eigenvalue weighted by Gasteiger charge is 2.43. The highest BCUT2D eigenvalue weighted by Crippen LogP contribution is 2.20. The van der Waals surface area contributed by atoms with Crippen LogP contribution in [0.4, 0.5) is 0 Å². The third-order valence-corrected chi connectivity index (χ3v) is 2.13. The Hall–Kier alpha value is -0.240. The Labute approximate surface area is 75.9 Å². The molecule has 1 heterocycles. The Morgan fingerprint density at radius 2 is 1.85 bits per heavy atom. The molecule has 13 heavy (non-hydrogen) atoms. The van der Waals surface area contributed by atoms with Crippen molar-refractivity contribution in [1.82, 2.24) is 0 Å². The molecule has 0 radical (unpaired) electrons. The Morgan fingerprint density at radius 1 is 1.23 bits per heavy atom. The molecule has 1 fully saturated rings. The molecule has 0 aromatic rings. The lowest BCUT2D eigenvalue weighted by molar-refractivity contribution is -0.287. The predicted molar refractivity (Wildman–Crippen MR) is 42.7 cm³/mol. The maximum Gasteiger partial charge on any atom is 0.186 e. The van der Waals surface area contributed by atoms with E-state index in [9.17, 15) is 15.3 Å². The third kappa shape index (κ3) is 1.98. The zero-order valence-corrected chi connectivity index (χ0v) is 7.33. The van der Waals surface area contributed by atoms with Crippen molar-refractivity contribution in [3.05, 3.63) is 0 Å². The van der Waals surface area contributed by atoms with E-state index in [4.69, 9.17) is 15.2 Å². The second-order valence-electron chi connectivity index (χ2n) is 2.99. The van der Waals surface area contributed by atoms with Gasteiger partial charge in [0.05, 0.1) is 0 Å². The molecule has 0 amide bonds. The molecule has 3 unspecified atom stereocenters. The molecule has 0 spiro atoms. The van der Waals surface area contributed by atoms with Crippen LogP contribution < -0.4 is 5.73 Å². The van der Waals surface area contributed by atoms with Crippen LogP contribution in [-0.4, -0.2) is 59.7 Å². The van der Waals surface area contributed by atoms with E-state index in [0.29, 0.717) is 0 Å². The summed E-state index contributed by atoms with van der Waals surface area (Å²) in [6.07, 6.45) is -5.35. The first-order chi connectivity index (χ1) is 6.11. The summed E-state index contributed by atoms with van der Waals surface area (Å²) in [4.78, 5) is 0. The van der Waals surface area contributed by atoms with E-state index in [-0.39, 0.29) is 6.54 Å². The van der Waals surface area contributed by atoms with Crippen molar-refractivity contribution in [2.24, 2.45) is 5.73 Å². The van der Waals surface area contributed by atoms with E-state index in [1.165, 1.54) is 7.11 Å². The van der Waals surface area contributed by atoms with Gasteiger partial charge in [0.2, 0.25) is 0 Å². The van der Waals surface area contributed by atoms with Gasteiger partial charge in [0.25, 0.3) is 0 Å². The summed E-state index contributed by atoms with van der Waals surface area (Å²) in [6.45, 7) is 0.0603. The monoisotopic (exact) mass is 193 g/mol. The summed E-state index contributed by atoms with van der Waals surface area (Å²) < 4.78 is 9.83. The molecule has 0 aromatic heterocycles. The van der Waals surface area contributed by atoms with Crippen LogP contribution in [0.3, 0.4) is 0 Å². The number of ether oxygens (including phenoxy) is 2. The SMILES string of the molecule is COC1OC(CN)[C@@H](O)C(O)[C@@H]1O. The van der Waals surface area contributed by atoms with Crippen molar-refractivity contribution < 1.29 is 24.8 Å². The average Bonchev–Trinajstić information content (AvgIpc) is 2.15. The average molecular weight is 193 g/mol. The van der Waals surface area contributed by atoms with E-state index in [1.54, 1.807) is 0 Å². The number of aliphatic hydroxyl groups excluding tert-OH is 3. The molecule has 1 aliphatic heterocycles. The first-order valence-electron chi connectivity index (χ1n) is 4.04. The van der Waals surface area contributed by atoms with Crippen LogP contribution >= 0.6 is 0 Å². The van der Waals surface area contributed by atoms with Crippen LogP contribution in [0.5, 0.6) is 0 Å². The lowest BCUT2D eigenvalue weighted by atomic mass is 9.99. The molecule has 0 aromatic carbocycles. The summed E-state index contributed by atoms with van der Waals surface area (Å²) >= 11 is 0. The minimum Gasteiger partial charge on any atom is -0.388 e. The van der Waals surface area contributed by atoms with Gasteiger partial charge in [-0.2, -0.15) is 0 Å². The van der Waals surface area contributed by atoms with Crippen LogP contribution in [-0.2, 0) is 9.47 Å². The standard InChI is InChI=1S/C7H15NO5/c1-12-7-6(11)5(10)4(9)3(2-8)13-7/h3-7,9-11H,2,8H2,1H3/t3?,4-,5?,6+,7?/m1/s1. The fourth-order valence-corrected chi connectivity index (χ4v) is 1.31. The maximum atomic E-state index is 9.35. The van der Waals surface area contributed by atoms with Gasteiger partial charge in [0.15, 0.2) is 6.29 Å². The molecule has 0 aliphatic carbocycles. The van der Waals surface area contributed by atoms with Crippen molar-refractivity contribution >= 4 is 0 Å². The van der Waals surface area contributed by atoms with Crippen molar-refractivity contribution in [3.8, 4) is 0 Å². The van der Waals surface area contributed by atoms with Gasteiger partial charge >= 0.3 is 0 Å². The molecule has 1 saturated heterocycles. The van der Waals surface area contributed by atoms with Crippen LogP contribution in [0.25, 0.3) is 0 Å². The first-order valence-corrected chi connectivity index (χ1v) is 4.04. The number of hydrogen-bond acceptors (Lipinski definition) is 6. The van der Waals surface area contributed by atoms with Crippen molar-refractivity contribution in [2.45, 2.75) is 30.7 Å². The van der Waals surface area contributed by atoms with Crippen LogP contribution in [0, 0.1) is 0 Å². The maximum absolute atomic E-state index is 9.35. The minimum atomic E-state index is -1.28. The lowest BCUT2D eigenvalue weighted by Gasteiger charge is -2.39. The molecule has 78 valence electrons. The molecule has 1 rings (SSSR count). The summed E-state index contributed by atoms with van der Waals surface area (Å²) in [7, 11) is 1.34. The van der Waals surface area contributed by atoms with Crippen molar-refractivity contribution in [1.29, 1.82) is 0 Å². The van der Waals surface area contributed by atoms with Gasteiger partial charge in [-0.1, -0.05) is 0 Å². The predicted octanol–water partition coefficient (Wildman–Crippen LogP) is -2.60. The van der Waals surface area contributed by atoms with Gasteiger partial charge in [-0.15, -0.1) is 0 Å². The smallest absolute Gasteiger partial charge is 0.186 e. The highest BCUT2D eigenvalue weighted by atomic mass is 16.7. The summed E-state index contributed by atoms with van der Waals surface area (Å²) in [5.74, 6) is 0. The van der Waals surface area contributed by atoms with Crippen LogP contribution in [0.1, 0.15) is 0 Å². The summed E-state index contributed by atoms with van der Waals surface area (Å²) in [5, 5.41) is 28.0. The van der Waals surface area contributed by atoms with Crippen LogP contribution in [0.15, 0.2) is 0 Å². The van der Waals surface area contributed by atoms with E-state index >= 15 is 0 Å². The van der Waals surface area contributed by atoms with E-state index < -0.39 is 30.7 Å². The third-order valence-electron chi connectivity index (χ3n) is 2.13. The molecule has 6 heteroatoms. The Kier molecular flexibility index (Phi) is 3.60. The molecule has 5 N–H and O–H groups in total. The number of methoxy groups -OCH3 is 1. The van der Waals surface area contributed by atoms with Crippen LogP contribution in [0.2, 0.25) is 0 Å². The van der Waals surface area contributed by atoms with E-state index in [1.807, 2.05) is 0 Å². The largest absolute Gasteiger partial charge is 0.388 e. The van der Waals surface area contributed by atoms with E-state index in [2.05, 4.69) is 0 Å². The second-order valence-corrected chi connectivity index (χ2v) is 2.99. The topological polar surface area (TPSA) is 105 Å². The van der Waals surface area contributed by atoms with Crippen molar-refractivity contribution in [3.63, 3.8) is 0 Å². The molecular weight excluding hydrogens is 178 g/mol. The van der Waals surface area contributed by atoms with Gasteiger partial charge < -0.3 is 30.5 Å². The fraction of sp³-hybridized carbons (Fsp3) is 1.00. The lowest BCUT2D eigenvalue weighted by Crippen LogP contribution is -2.59. The quantitative estimate of drug-likeness (QED) is 0.383. The Balaban J connectivity index is 2.66. The number of aliphatic hydroxyl groups is 3.